The summed E-state index contributed by atoms with van der Waals surface area (Å²) in [6.45, 7) is 4.24. The van der Waals surface area contributed by atoms with E-state index < -0.39 is 5.54 Å². The van der Waals surface area contributed by atoms with Gasteiger partial charge in [0.05, 0.1) is 25.3 Å². The zero-order valence-electron chi connectivity index (χ0n) is 9.65. The minimum absolute atomic E-state index is 0.0195. The van der Waals surface area contributed by atoms with Crippen LogP contribution < -0.4 is 5.32 Å². The summed E-state index contributed by atoms with van der Waals surface area (Å²) in [6.07, 6.45) is 0. The van der Waals surface area contributed by atoms with Crippen molar-refractivity contribution >= 4 is 11.8 Å². The van der Waals surface area contributed by atoms with E-state index in [9.17, 15) is 9.59 Å². The van der Waals surface area contributed by atoms with Crippen molar-refractivity contribution in [1.29, 1.82) is 0 Å². The van der Waals surface area contributed by atoms with Gasteiger partial charge in [-0.3, -0.25) is 9.59 Å². The maximum atomic E-state index is 11.6. The maximum Gasteiger partial charge on any atom is 0.249 e. The molecule has 0 aliphatic carbocycles. The van der Waals surface area contributed by atoms with E-state index >= 15 is 0 Å². The Kier molecular flexibility index (Phi) is 4.26. The average molecular weight is 230 g/mol. The fourth-order valence-corrected chi connectivity index (χ4v) is 1.35. The van der Waals surface area contributed by atoms with E-state index in [1.54, 1.807) is 13.8 Å². The van der Waals surface area contributed by atoms with E-state index in [-0.39, 0.29) is 31.6 Å². The van der Waals surface area contributed by atoms with Crippen LogP contribution in [0.2, 0.25) is 0 Å². The molecule has 0 aromatic carbocycles. The van der Waals surface area contributed by atoms with Crippen LogP contribution in [-0.2, 0) is 14.3 Å². The molecule has 2 amide bonds. The fraction of sp³-hybridized carbons (Fsp3) is 0.800. The molecule has 0 saturated carbocycles. The number of aliphatic hydroxyl groups is 1. The molecule has 0 radical (unpaired) electrons. The Morgan fingerprint density at radius 3 is 2.88 bits per heavy atom. The van der Waals surface area contributed by atoms with Crippen LogP contribution in [0.15, 0.2) is 0 Å². The molecule has 92 valence electrons. The quantitative estimate of drug-likeness (QED) is 0.631. The number of hydrogen-bond donors (Lipinski definition) is 2. The Balaban J connectivity index is 2.41. The van der Waals surface area contributed by atoms with E-state index in [1.807, 2.05) is 0 Å². The molecular weight excluding hydrogens is 212 g/mol. The van der Waals surface area contributed by atoms with Crippen LogP contribution in [0, 0.1) is 0 Å². The lowest BCUT2D eigenvalue weighted by atomic mass is 10.1. The van der Waals surface area contributed by atoms with Gasteiger partial charge < -0.3 is 20.1 Å². The summed E-state index contributed by atoms with van der Waals surface area (Å²) in [7, 11) is 0. The van der Waals surface area contributed by atoms with Gasteiger partial charge in [-0.05, 0) is 13.8 Å². The minimum atomic E-state index is -0.660. The number of morpholine rings is 1. The molecule has 6 nitrogen and oxygen atoms in total. The average Bonchev–Trinajstić information content (AvgIpc) is 2.21. The molecule has 1 heterocycles. The second kappa shape index (κ2) is 5.27. The van der Waals surface area contributed by atoms with Crippen molar-refractivity contribution in [2.24, 2.45) is 0 Å². The SMILES string of the molecule is CC(C)(CO)NC(=O)CN1CCOCC1=O. The molecule has 1 rings (SSSR count). The molecule has 6 heteroatoms. The first-order chi connectivity index (χ1) is 7.44. The third kappa shape index (κ3) is 3.79. The smallest absolute Gasteiger partial charge is 0.249 e. The number of aliphatic hydroxyl groups excluding tert-OH is 1. The predicted molar refractivity (Wildman–Crippen MR) is 56.7 cm³/mol. The lowest BCUT2D eigenvalue weighted by Gasteiger charge is -2.29. The first kappa shape index (κ1) is 12.9. The summed E-state index contributed by atoms with van der Waals surface area (Å²) >= 11 is 0. The second-order valence-electron chi connectivity index (χ2n) is 4.46. The zero-order chi connectivity index (χ0) is 12.2. The lowest BCUT2D eigenvalue weighted by molar-refractivity contribution is -0.146. The summed E-state index contributed by atoms with van der Waals surface area (Å²) in [6, 6.07) is 0. The number of ether oxygens (including phenoxy) is 1. The lowest BCUT2D eigenvalue weighted by Crippen LogP contribution is -2.52. The van der Waals surface area contributed by atoms with Crippen molar-refractivity contribution in [2.45, 2.75) is 19.4 Å². The number of rotatable bonds is 4. The highest BCUT2D eigenvalue weighted by Crippen LogP contribution is 2.02. The Hall–Kier alpha value is -1.14. The Morgan fingerprint density at radius 1 is 1.62 bits per heavy atom. The molecule has 2 N–H and O–H groups in total. The Labute approximate surface area is 94.6 Å². The third-order valence-corrected chi connectivity index (χ3v) is 2.29. The van der Waals surface area contributed by atoms with Gasteiger partial charge in [-0.25, -0.2) is 0 Å². The molecule has 0 atom stereocenters. The molecule has 1 aliphatic heterocycles. The molecule has 0 bridgehead atoms. The topological polar surface area (TPSA) is 78.9 Å². The van der Waals surface area contributed by atoms with Gasteiger partial charge in [0.1, 0.15) is 6.61 Å². The predicted octanol–water partition coefficient (Wildman–Crippen LogP) is -1.27. The van der Waals surface area contributed by atoms with Crippen LogP contribution in [0.4, 0.5) is 0 Å². The highest BCUT2D eigenvalue weighted by Gasteiger charge is 2.24. The molecule has 0 aromatic rings. The van der Waals surface area contributed by atoms with Crippen LogP contribution >= 0.6 is 0 Å². The van der Waals surface area contributed by atoms with Crippen molar-refractivity contribution in [2.75, 3.05) is 32.9 Å². The number of nitrogens with zero attached hydrogens (tertiary/aromatic N) is 1. The van der Waals surface area contributed by atoms with Gasteiger partial charge >= 0.3 is 0 Å². The Morgan fingerprint density at radius 2 is 2.31 bits per heavy atom. The van der Waals surface area contributed by atoms with Crippen molar-refractivity contribution in [3.63, 3.8) is 0 Å². The van der Waals surface area contributed by atoms with E-state index in [0.29, 0.717) is 13.2 Å². The number of nitrogens with one attached hydrogen (secondary N) is 1. The number of carbonyl (C=O) groups is 2. The maximum absolute atomic E-state index is 11.6. The van der Waals surface area contributed by atoms with Gasteiger partial charge in [0.15, 0.2) is 0 Å². The summed E-state index contributed by atoms with van der Waals surface area (Å²) in [5.74, 6) is -0.447. The Bertz CT molecular complexity index is 278. The van der Waals surface area contributed by atoms with E-state index in [0.717, 1.165) is 0 Å². The normalized spacial score (nSPS) is 17.4. The summed E-state index contributed by atoms with van der Waals surface area (Å²) in [5.41, 5.74) is -0.660. The van der Waals surface area contributed by atoms with Crippen molar-refractivity contribution in [3.05, 3.63) is 0 Å². The standard InChI is InChI=1S/C10H18N2O4/c1-10(2,7-13)11-8(14)5-12-3-4-16-6-9(12)15/h13H,3-7H2,1-2H3,(H,11,14). The van der Waals surface area contributed by atoms with Crippen LogP contribution in [0.1, 0.15) is 13.8 Å². The highest BCUT2D eigenvalue weighted by molar-refractivity contribution is 5.85. The van der Waals surface area contributed by atoms with Crippen LogP contribution in [0.3, 0.4) is 0 Å². The number of carbonyl (C=O) groups excluding carboxylic acids is 2. The van der Waals surface area contributed by atoms with Crippen LogP contribution in [-0.4, -0.2) is 60.3 Å². The summed E-state index contributed by atoms with van der Waals surface area (Å²) < 4.78 is 4.95. The monoisotopic (exact) mass is 230 g/mol. The second-order valence-corrected chi connectivity index (χ2v) is 4.46. The first-order valence-electron chi connectivity index (χ1n) is 5.22. The molecule has 0 unspecified atom stereocenters. The van der Waals surface area contributed by atoms with Gasteiger partial charge in [0.2, 0.25) is 11.8 Å². The van der Waals surface area contributed by atoms with E-state index in [1.165, 1.54) is 4.90 Å². The van der Waals surface area contributed by atoms with Gasteiger partial charge in [-0.15, -0.1) is 0 Å². The van der Waals surface area contributed by atoms with Crippen molar-refractivity contribution in [1.82, 2.24) is 10.2 Å². The summed E-state index contributed by atoms with van der Waals surface area (Å²) in [4.78, 5) is 24.4. The van der Waals surface area contributed by atoms with Crippen molar-refractivity contribution in [3.8, 4) is 0 Å². The van der Waals surface area contributed by atoms with E-state index in [4.69, 9.17) is 9.84 Å². The van der Waals surface area contributed by atoms with Gasteiger partial charge in [0.25, 0.3) is 0 Å². The molecular formula is C10H18N2O4. The zero-order valence-corrected chi connectivity index (χ0v) is 9.65. The minimum Gasteiger partial charge on any atom is -0.394 e. The highest BCUT2D eigenvalue weighted by atomic mass is 16.5. The molecule has 1 fully saturated rings. The van der Waals surface area contributed by atoms with Gasteiger partial charge in [-0.1, -0.05) is 0 Å². The number of hydrogen-bond acceptors (Lipinski definition) is 4. The van der Waals surface area contributed by atoms with E-state index in [2.05, 4.69) is 5.32 Å². The largest absolute Gasteiger partial charge is 0.394 e. The molecule has 0 spiro atoms. The summed E-state index contributed by atoms with van der Waals surface area (Å²) in [5, 5.41) is 11.6. The van der Waals surface area contributed by atoms with Crippen LogP contribution in [0.25, 0.3) is 0 Å². The molecule has 1 aliphatic rings. The molecule has 1 saturated heterocycles. The van der Waals surface area contributed by atoms with Crippen LogP contribution in [0.5, 0.6) is 0 Å². The number of amides is 2. The fourth-order valence-electron chi connectivity index (χ4n) is 1.35. The first-order valence-corrected chi connectivity index (χ1v) is 5.22. The van der Waals surface area contributed by atoms with Gasteiger partial charge in [0, 0.05) is 6.54 Å². The van der Waals surface area contributed by atoms with Gasteiger partial charge in [-0.2, -0.15) is 0 Å². The third-order valence-electron chi connectivity index (χ3n) is 2.29. The molecule has 16 heavy (non-hydrogen) atoms. The molecule has 0 aromatic heterocycles. The van der Waals surface area contributed by atoms with Crippen molar-refractivity contribution < 1.29 is 19.4 Å².